The minimum Gasteiger partial charge on any atom is -0.497 e. The van der Waals surface area contributed by atoms with E-state index in [-0.39, 0.29) is 5.91 Å². The van der Waals surface area contributed by atoms with E-state index in [9.17, 15) is 10.1 Å². The molecule has 1 aromatic carbocycles. The first kappa shape index (κ1) is 17.0. The van der Waals surface area contributed by atoms with Gasteiger partial charge in [0.2, 0.25) is 5.91 Å². The summed E-state index contributed by atoms with van der Waals surface area (Å²) < 4.78 is 5.11. The molecule has 0 saturated carbocycles. The van der Waals surface area contributed by atoms with Crippen molar-refractivity contribution in [2.75, 3.05) is 20.2 Å². The van der Waals surface area contributed by atoms with Crippen molar-refractivity contribution in [1.82, 2.24) is 4.90 Å². The van der Waals surface area contributed by atoms with Crippen LogP contribution in [0.1, 0.15) is 32.3 Å². The molecule has 21 heavy (non-hydrogen) atoms. The van der Waals surface area contributed by atoms with Crippen LogP contribution >= 0.6 is 0 Å². The highest BCUT2D eigenvalue weighted by atomic mass is 16.5. The number of nitrogens with zero attached hydrogens (tertiary/aromatic N) is 2. The molecule has 4 heteroatoms. The summed E-state index contributed by atoms with van der Waals surface area (Å²) in [7, 11) is 1.62. The number of carbonyl (C=O) groups is 1. The molecule has 0 aromatic heterocycles. The van der Waals surface area contributed by atoms with Crippen LogP contribution in [0.15, 0.2) is 24.3 Å². The second kappa shape index (κ2) is 9.02. The number of carbonyl (C=O) groups excluding carboxylic acids is 1. The van der Waals surface area contributed by atoms with E-state index in [1.54, 1.807) is 12.0 Å². The summed E-state index contributed by atoms with van der Waals surface area (Å²) in [5.41, 5.74) is 0.976. The number of amides is 1. The number of benzene rings is 1. The van der Waals surface area contributed by atoms with Crippen molar-refractivity contribution in [2.24, 2.45) is 5.92 Å². The Morgan fingerprint density at radius 2 is 1.81 bits per heavy atom. The lowest BCUT2D eigenvalue weighted by molar-refractivity contribution is -0.133. The molecule has 0 radical (unpaired) electrons. The van der Waals surface area contributed by atoms with Gasteiger partial charge in [-0.15, -0.1) is 0 Å². The van der Waals surface area contributed by atoms with Crippen molar-refractivity contribution in [3.63, 3.8) is 0 Å². The molecule has 1 amide bonds. The average Bonchev–Trinajstić information content (AvgIpc) is 2.52. The predicted octanol–water partition coefficient (Wildman–Crippen LogP) is 3.03. The van der Waals surface area contributed by atoms with Gasteiger partial charge in [-0.2, -0.15) is 5.26 Å². The molecule has 0 bridgehead atoms. The Bertz CT molecular complexity index is 471. The second-order valence-electron chi connectivity index (χ2n) is 5.06. The number of hydrogen-bond donors (Lipinski definition) is 0. The Labute approximate surface area is 127 Å². The van der Waals surface area contributed by atoms with Crippen LogP contribution in [0.4, 0.5) is 0 Å². The number of hydrogen-bond acceptors (Lipinski definition) is 3. The molecule has 0 heterocycles. The summed E-state index contributed by atoms with van der Waals surface area (Å²) in [4.78, 5) is 14.3. The third-order valence-electron chi connectivity index (χ3n) is 3.35. The van der Waals surface area contributed by atoms with Gasteiger partial charge < -0.3 is 9.64 Å². The molecule has 4 nitrogen and oxygen atoms in total. The molecule has 0 aliphatic rings. The van der Waals surface area contributed by atoms with Crippen molar-refractivity contribution in [3.05, 3.63) is 29.8 Å². The van der Waals surface area contributed by atoms with Gasteiger partial charge in [0.1, 0.15) is 11.7 Å². The summed E-state index contributed by atoms with van der Waals surface area (Å²) >= 11 is 0. The number of rotatable bonds is 8. The number of ether oxygens (including phenoxy) is 1. The Balaban J connectivity index is 2.76. The molecule has 0 N–H and O–H groups in total. The van der Waals surface area contributed by atoms with Crippen LogP contribution in [-0.4, -0.2) is 31.0 Å². The van der Waals surface area contributed by atoms with Crippen molar-refractivity contribution in [1.29, 1.82) is 5.26 Å². The normalized spacial score (nSPS) is 11.5. The molecule has 0 spiro atoms. The van der Waals surface area contributed by atoms with E-state index in [1.165, 1.54) is 0 Å². The van der Waals surface area contributed by atoms with Crippen LogP contribution in [0, 0.1) is 17.2 Å². The maximum absolute atomic E-state index is 12.5. The first-order valence-electron chi connectivity index (χ1n) is 7.47. The summed E-state index contributed by atoms with van der Waals surface area (Å²) in [5.74, 6) is 0.102. The van der Waals surface area contributed by atoms with Gasteiger partial charge in [-0.1, -0.05) is 26.0 Å². The average molecular weight is 288 g/mol. The number of methoxy groups -OCH3 is 1. The zero-order valence-electron chi connectivity index (χ0n) is 13.1. The maximum atomic E-state index is 12.5. The van der Waals surface area contributed by atoms with E-state index in [1.807, 2.05) is 38.1 Å². The van der Waals surface area contributed by atoms with Gasteiger partial charge >= 0.3 is 0 Å². The van der Waals surface area contributed by atoms with E-state index in [2.05, 4.69) is 6.07 Å². The van der Waals surface area contributed by atoms with E-state index in [4.69, 9.17) is 4.74 Å². The minimum absolute atomic E-state index is 0.0583. The predicted molar refractivity (Wildman–Crippen MR) is 83.0 cm³/mol. The lowest BCUT2D eigenvalue weighted by Gasteiger charge is -2.24. The topological polar surface area (TPSA) is 53.3 Å². The van der Waals surface area contributed by atoms with Crippen molar-refractivity contribution >= 4 is 5.91 Å². The summed E-state index contributed by atoms with van der Waals surface area (Å²) in [6.45, 7) is 5.52. The van der Waals surface area contributed by atoms with Gasteiger partial charge in [-0.3, -0.25) is 4.79 Å². The lowest BCUT2D eigenvalue weighted by Crippen LogP contribution is -2.37. The molecule has 0 aliphatic carbocycles. The molecule has 1 aromatic rings. The van der Waals surface area contributed by atoms with Crippen LogP contribution in [-0.2, 0) is 11.2 Å². The highest BCUT2D eigenvalue weighted by Gasteiger charge is 2.23. The van der Waals surface area contributed by atoms with Gasteiger partial charge in [0.25, 0.3) is 0 Å². The highest BCUT2D eigenvalue weighted by Crippen LogP contribution is 2.16. The summed E-state index contributed by atoms with van der Waals surface area (Å²) in [5, 5.41) is 9.32. The first-order chi connectivity index (χ1) is 10.2. The third-order valence-corrected chi connectivity index (χ3v) is 3.35. The van der Waals surface area contributed by atoms with Gasteiger partial charge in [0, 0.05) is 13.1 Å². The van der Waals surface area contributed by atoms with Crippen molar-refractivity contribution in [3.8, 4) is 11.8 Å². The van der Waals surface area contributed by atoms with Gasteiger partial charge in [-0.05, 0) is 37.0 Å². The van der Waals surface area contributed by atoms with Crippen LogP contribution in [0.3, 0.4) is 0 Å². The smallest absolute Gasteiger partial charge is 0.240 e. The third kappa shape index (κ3) is 5.11. The maximum Gasteiger partial charge on any atom is 0.240 e. The van der Waals surface area contributed by atoms with E-state index in [0.717, 1.165) is 24.2 Å². The van der Waals surface area contributed by atoms with E-state index in [0.29, 0.717) is 19.5 Å². The largest absolute Gasteiger partial charge is 0.497 e. The fraction of sp³-hybridized carbons (Fsp3) is 0.529. The molecule has 1 unspecified atom stereocenters. The Morgan fingerprint density at radius 3 is 2.24 bits per heavy atom. The van der Waals surface area contributed by atoms with Gasteiger partial charge in [0.05, 0.1) is 13.2 Å². The monoisotopic (exact) mass is 288 g/mol. The van der Waals surface area contributed by atoms with Gasteiger partial charge in [-0.25, -0.2) is 0 Å². The van der Waals surface area contributed by atoms with Crippen LogP contribution in [0.5, 0.6) is 5.75 Å². The number of nitriles is 1. The fourth-order valence-electron chi connectivity index (χ4n) is 2.28. The molecule has 1 rings (SSSR count). The molecule has 114 valence electrons. The fourth-order valence-corrected chi connectivity index (χ4v) is 2.28. The van der Waals surface area contributed by atoms with Crippen LogP contribution in [0.25, 0.3) is 0 Å². The molecular formula is C17H24N2O2. The standard InChI is InChI=1S/C17H24N2O2/c1-4-10-19(11-5-2)17(20)15(13-18)12-14-6-8-16(21-3)9-7-14/h6-9,15H,4-5,10-12H2,1-3H3. The molecule has 0 aliphatic heterocycles. The summed E-state index contributed by atoms with van der Waals surface area (Å²) in [6.07, 6.45) is 2.27. The van der Waals surface area contributed by atoms with E-state index >= 15 is 0 Å². The lowest BCUT2D eigenvalue weighted by atomic mass is 9.99. The van der Waals surface area contributed by atoms with Crippen molar-refractivity contribution < 1.29 is 9.53 Å². The summed E-state index contributed by atoms with van der Waals surface area (Å²) in [6, 6.07) is 9.66. The zero-order chi connectivity index (χ0) is 15.7. The molecule has 1 atom stereocenters. The quantitative estimate of drug-likeness (QED) is 0.739. The molecule has 0 fully saturated rings. The Morgan fingerprint density at radius 1 is 1.24 bits per heavy atom. The molecule has 0 saturated heterocycles. The van der Waals surface area contributed by atoms with Crippen molar-refractivity contribution in [2.45, 2.75) is 33.1 Å². The second-order valence-corrected chi connectivity index (χ2v) is 5.06. The van der Waals surface area contributed by atoms with Crippen LogP contribution in [0.2, 0.25) is 0 Å². The van der Waals surface area contributed by atoms with Crippen LogP contribution < -0.4 is 4.74 Å². The highest BCUT2D eigenvalue weighted by molar-refractivity contribution is 5.81. The molecular weight excluding hydrogens is 264 g/mol. The minimum atomic E-state index is -0.614. The van der Waals surface area contributed by atoms with E-state index < -0.39 is 5.92 Å². The van der Waals surface area contributed by atoms with Gasteiger partial charge in [0.15, 0.2) is 0 Å². The zero-order valence-corrected chi connectivity index (χ0v) is 13.1. The SMILES string of the molecule is CCCN(CCC)C(=O)C(C#N)Cc1ccc(OC)cc1. The first-order valence-corrected chi connectivity index (χ1v) is 7.47. The Kier molecular flexibility index (Phi) is 7.31. The Hall–Kier alpha value is -2.02.